The molecule has 178 valence electrons. The van der Waals surface area contributed by atoms with Crippen LogP contribution in [0.15, 0.2) is 77.2 Å². The van der Waals surface area contributed by atoms with Gasteiger partial charge in [-0.25, -0.2) is 4.79 Å². The molecule has 1 heterocycles. The van der Waals surface area contributed by atoms with Crippen LogP contribution >= 0.6 is 0 Å². The summed E-state index contributed by atoms with van der Waals surface area (Å²) < 4.78 is 5.68. The van der Waals surface area contributed by atoms with Crippen LogP contribution in [0.1, 0.15) is 29.0 Å². The summed E-state index contributed by atoms with van der Waals surface area (Å²) in [6.45, 7) is 4.32. The molecule has 0 bridgehead atoms. The molecule has 0 saturated heterocycles. The second-order valence-corrected chi connectivity index (χ2v) is 8.29. The Labute approximate surface area is 203 Å². The van der Waals surface area contributed by atoms with Crippen molar-refractivity contribution in [2.24, 2.45) is 0 Å². The zero-order valence-electron chi connectivity index (χ0n) is 19.7. The van der Waals surface area contributed by atoms with Gasteiger partial charge in [0.15, 0.2) is 0 Å². The largest absolute Gasteiger partial charge is 0.421 e. The second kappa shape index (κ2) is 11.1. The standard InChI is InChI=1S/C27H27N5O3/c1-18-9-11-21(12-10-18)26-32-31-25(35-26)14-13-24(33)28-17-20-6-4-8-23(16-20)30-27(34)29-22-7-3-5-19(2)15-22/h3-12,15-16H,13-14,17H2,1-2H3,(H,28,33)(H2,29,30,34). The molecular formula is C27H27N5O3. The van der Waals surface area contributed by atoms with E-state index in [-0.39, 0.29) is 18.4 Å². The lowest BCUT2D eigenvalue weighted by Crippen LogP contribution is -2.23. The first-order valence-electron chi connectivity index (χ1n) is 11.3. The molecule has 3 aromatic carbocycles. The van der Waals surface area contributed by atoms with E-state index in [0.717, 1.165) is 27.9 Å². The number of aromatic nitrogens is 2. The number of nitrogens with one attached hydrogen (secondary N) is 3. The highest BCUT2D eigenvalue weighted by molar-refractivity contribution is 5.99. The number of hydrogen-bond acceptors (Lipinski definition) is 5. The lowest BCUT2D eigenvalue weighted by Gasteiger charge is -2.10. The lowest BCUT2D eigenvalue weighted by molar-refractivity contribution is -0.121. The highest BCUT2D eigenvalue weighted by Gasteiger charge is 2.11. The fraction of sp³-hybridized carbons (Fsp3) is 0.185. The number of carbonyl (C=O) groups excluding carboxylic acids is 2. The fourth-order valence-corrected chi connectivity index (χ4v) is 3.45. The first kappa shape index (κ1) is 23.7. The first-order valence-corrected chi connectivity index (χ1v) is 11.3. The second-order valence-electron chi connectivity index (χ2n) is 8.29. The van der Waals surface area contributed by atoms with E-state index in [1.54, 1.807) is 6.07 Å². The van der Waals surface area contributed by atoms with Gasteiger partial charge in [0.25, 0.3) is 0 Å². The third kappa shape index (κ3) is 7.01. The SMILES string of the molecule is Cc1ccc(-c2nnc(CCC(=O)NCc3cccc(NC(=O)Nc4cccc(C)c4)c3)o2)cc1. The average Bonchev–Trinajstić information content (AvgIpc) is 3.31. The molecule has 0 fully saturated rings. The maximum Gasteiger partial charge on any atom is 0.323 e. The number of urea groups is 1. The van der Waals surface area contributed by atoms with Crippen LogP contribution in [0.3, 0.4) is 0 Å². The van der Waals surface area contributed by atoms with Crippen molar-refractivity contribution in [2.75, 3.05) is 10.6 Å². The summed E-state index contributed by atoms with van der Waals surface area (Å²) >= 11 is 0. The summed E-state index contributed by atoms with van der Waals surface area (Å²) in [5.41, 5.74) is 5.28. The maximum atomic E-state index is 12.3. The Bertz CT molecular complexity index is 1310. The highest BCUT2D eigenvalue weighted by Crippen LogP contribution is 2.19. The summed E-state index contributed by atoms with van der Waals surface area (Å²) in [5.74, 6) is 0.730. The average molecular weight is 470 g/mol. The van der Waals surface area contributed by atoms with Crippen molar-refractivity contribution in [3.63, 3.8) is 0 Å². The molecule has 0 saturated carbocycles. The lowest BCUT2D eigenvalue weighted by atomic mass is 10.1. The quantitative estimate of drug-likeness (QED) is 0.327. The summed E-state index contributed by atoms with van der Waals surface area (Å²) in [5, 5.41) is 16.6. The van der Waals surface area contributed by atoms with Crippen molar-refractivity contribution >= 4 is 23.3 Å². The summed E-state index contributed by atoms with van der Waals surface area (Å²) in [6, 6.07) is 22.4. The van der Waals surface area contributed by atoms with Gasteiger partial charge in [0, 0.05) is 36.3 Å². The number of benzene rings is 3. The van der Waals surface area contributed by atoms with Gasteiger partial charge < -0.3 is 20.4 Å². The van der Waals surface area contributed by atoms with Gasteiger partial charge in [-0.1, -0.05) is 42.0 Å². The minimum absolute atomic E-state index is 0.129. The molecule has 4 rings (SSSR count). The molecule has 8 heteroatoms. The van der Waals surface area contributed by atoms with E-state index in [4.69, 9.17) is 4.42 Å². The molecule has 0 spiro atoms. The Balaban J connectivity index is 1.24. The molecule has 8 nitrogen and oxygen atoms in total. The minimum atomic E-state index is -0.332. The molecule has 1 aromatic heterocycles. The van der Waals surface area contributed by atoms with Crippen LogP contribution in [0.4, 0.5) is 16.2 Å². The van der Waals surface area contributed by atoms with E-state index in [1.165, 1.54) is 0 Å². The molecule has 0 aliphatic carbocycles. The van der Waals surface area contributed by atoms with Gasteiger partial charge in [0.05, 0.1) is 0 Å². The smallest absolute Gasteiger partial charge is 0.323 e. The Morgan fingerprint density at radius 3 is 2.29 bits per heavy atom. The maximum absolute atomic E-state index is 12.3. The van der Waals surface area contributed by atoms with Crippen molar-refractivity contribution in [3.8, 4) is 11.5 Å². The van der Waals surface area contributed by atoms with Gasteiger partial charge in [-0.05, 0) is 61.4 Å². The molecule has 0 aliphatic rings. The summed E-state index contributed by atoms with van der Waals surface area (Å²) in [7, 11) is 0. The number of amides is 3. The van der Waals surface area contributed by atoms with E-state index in [2.05, 4.69) is 26.1 Å². The molecule has 0 atom stereocenters. The summed E-state index contributed by atoms with van der Waals surface area (Å²) in [6.07, 6.45) is 0.581. The molecule has 3 N–H and O–H groups in total. The third-order valence-corrected chi connectivity index (χ3v) is 5.28. The van der Waals surface area contributed by atoms with Crippen LogP contribution in [0.25, 0.3) is 11.5 Å². The van der Waals surface area contributed by atoms with Crippen molar-refractivity contribution in [3.05, 3.63) is 95.4 Å². The first-order chi connectivity index (χ1) is 16.9. The van der Waals surface area contributed by atoms with E-state index < -0.39 is 0 Å². The summed E-state index contributed by atoms with van der Waals surface area (Å²) in [4.78, 5) is 24.6. The topological polar surface area (TPSA) is 109 Å². The Kier molecular flexibility index (Phi) is 7.52. The normalized spacial score (nSPS) is 10.6. The molecule has 3 amide bonds. The van der Waals surface area contributed by atoms with Crippen molar-refractivity contribution in [2.45, 2.75) is 33.2 Å². The predicted molar refractivity (Wildman–Crippen MR) is 135 cm³/mol. The van der Waals surface area contributed by atoms with Crippen LogP contribution in [0.2, 0.25) is 0 Å². The molecule has 0 aliphatic heterocycles. The van der Waals surface area contributed by atoms with Crippen LogP contribution in [-0.4, -0.2) is 22.1 Å². The fourth-order valence-electron chi connectivity index (χ4n) is 3.45. The number of hydrogen-bond donors (Lipinski definition) is 3. The van der Waals surface area contributed by atoms with E-state index >= 15 is 0 Å². The van der Waals surface area contributed by atoms with E-state index in [9.17, 15) is 9.59 Å². The zero-order chi connectivity index (χ0) is 24.6. The number of nitrogens with zero attached hydrogens (tertiary/aromatic N) is 2. The van der Waals surface area contributed by atoms with Gasteiger partial charge in [-0.15, -0.1) is 10.2 Å². The van der Waals surface area contributed by atoms with Gasteiger partial charge in [0.1, 0.15) is 0 Å². The molecule has 0 unspecified atom stereocenters. The molecule has 35 heavy (non-hydrogen) atoms. The number of carbonyl (C=O) groups is 2. The van der Waals surface area contributed by atoms with Crippen molar-refractivity contribution < 1.29 is 14.0 Å². The predicted octanol–water partition coefficient (Wildman–Crippen LogP) is 5.25. The van der Waals surface area contributed by atoms with Crippen molar-refractivity contribution in [1.82, 2.24) is 15.5 Å². The van der Waals surface area contributed by atoms with Crippen LogP contribution in [0, 0.1) is 13.8 Å². The monoisotopic (exact) mass is 469 g/mol. The molecular weight excluding hydrogens is 442 g/mol. The van der Waals surface area contributed by atoms with Crippen LogP contribution in [-0.2, 0) is 17.8 Å². The minimum Gasteiger partial charge on any atom is -0.421 e. The zero-order valence-corrected chi connectivity index (χ0v) is 19.7. The highest BCUT2D eigenvalue weighted by atomic mass is 16.4. The number of rotatable bonds is 8. The Hall–Kier alpha value is -4.46. The van der Waals surface area contributed by atoms with Gasteiger partial charge >= 0.3 is 6.03 Å². The van der Waals surface area contributed by atoms with Crippen molar-refractivity contribution in [1.29, 1.82) is 0 Å². The Morgan fingerprint density at radius 1 is 0.829 bits per heavy atom. The third-order valence-electron chi connectivity index (χ3n) is 5.28. The van der Waals surface area contributed by atoms with Gasteiger partial charge in [0.2, 0.25) is 17.7 Å². The number of aryl methyl sites for hydroxylation is 3. The van der Waals surface area contributed by atoms with E-state index in [1.807, 2.05) is 80.6 Å². The Morgan fingerprint density at radius 2 is 1.54 bits per heavy atom. The van der Waals surface area contributed by atoms with Crippen LogP contribution < -0.4 is 16.0 Å². The van der Waals surface area contributed by atoms with Crippen LogP contribution in [0.5, 0.6) is 0 Å². The molecule has 0 radical (unpaired) electrons. The number of anilines is 2. The van der Waals surface area contributed by atoms with E-state index in [0.29, 0.717) is 30.4 Å². The van der Waals surface area contributed by atoms with Gasteiger partial charge in [-0.3, -0.25) is 4.79 Å². The van der Waals surface area contributed by atoms with Gasteiger partial charge in [-0.2, -0.15) is 0 Å². The molecule has 4 aromatic rings.